The highest BCUT2D eigenvalue weighted by molar-refractivity contribution is 7.11. The molecule has 0 aliphatic rings. The summed E-state index contributed by atoms with van der Waals surface area (Å²) in [6.07, 6.45) is 2.96. The Hall–Kier alpha value is -0.450. The topological polar surface area (TPSA) is 50.9 Å². The molecule has 0 amide bonds. The molecule has 0 aliphatic heterocycles. The van der Waals surface area contributed by atoms with Crippen LogP contribution in [0.4, 0.5) is 0 Å². The van der Waals surface area contributed by atoms with Gasteiger partial charge in [-0.3, -0.25) is 0 Å². The predicted molar refractivity (Wildman–Crippen MR) is 56.8 cm³/mol. The molecule has 0 saturated heterocycles. The Kier molecular flexibility index (Phi) is 4.35. The van der Waals surface area contributed by atoms with E-state index in [-0.39, 0.29) is 0 Å². The lowest BCUT2D eigenvalue weighted by atomic mass is 10.2. The number of aryl methyl sites for hydroxylation is 1. The zero-order valence-electron chi connectivity index (χ0n) is 8.21. The number of nitrogens with zero attached hydrogens (tertiary/aromatic N) is 1. The van der Waals surface area contributed by atoms with E-state index in [2.05, 4.69) is 17.2 Å². The van der Waals surface area contributed by atoms with Gasteiger partial charge >= 0.3 is 0 Å². The van der Waals surface area contributed by atoms with Crippen LogP contribution in [0.5, 0.6) is 0 Å². The van der Waals surface area contributed by atoms with Crippen LogP contribution in [0.15, 0.2) is 6.20 Å². The van der Waals surface area contributed by atoms with E-state index in [0.717, 1.165) is 24.5 Å². The zero-order valence-corrected chi connectivity index (χ0v) is 9.03. The van der Waals surface area contributed by atoms with Gasteiger partial charge in [0, 0.05) is 23.7 Å². The first-order valence-corrected chi connectivity index (χ1v) is 5.38. The van der Waals surface area contributed by atoms with Crippen molar-refractivity contribution in [2.24, 2.45) is 5.73 Å². The lowest BCUT2D eigenvalue weighted by Crippen LogP contribution is -2.27. The summed E-state index contributed by atoms with van der Waals surface area (Å²) in [5.74, 6) is 0. The summed E-state index contributed by atoms with van der Waals surface area (Å²) in [6, 6.07) is 0.493. The molecule has 3 nitrogen and oxygen atoms in total. The summed E-state index contributed by atoms with van der Waals surface area (Å²) in [5, 5.41) is 4.53. The minimum Gasteiger partial charge on any atom is -0.330 e. The molecule has 0 aliphatic carbocycles. The van der Waals surface area contributed by atoms with Crippen LogP contribution in [-0.4, -0.2) is 17.6 Å². The fourth-order valence-corrected chi connectivity index (χ4v) is 1.86. The Balaban J connectivity index is 2.26. The molecular weight excluding hydrogens is 182 g/mol. The molecule has 1 heterocycles. The van der Waals surface area contributed by atoms with Gasteiger partial charge in [-0.15, -0.1) is 11.3 Å². The van der Waals surface area contributed by atoms with Crippen LogP contribution >= 0.6 is 11.3 Å². The molecular formula is C9H17N3S. The third-order valence-electron chi connectivity index (χ3n) is 1.89. The molecule has 1 unspecified atom stereocenters. The predicted octanol–water partition coefficient (Wildman–Crippen LogP) is 1.28. The Morgan fingerprint density at radius 2 is 2.46 bits per heavy atom. The number of hydrogen-bond acceptors (Lipinski definition) is 4. The summed E-state index contributed by atoms with van der Waals surface area (Å²) in [4.78, 5) is 5.49. The summed E-state index contributed by atoms with van der Waals surface area (Å²) in [6.45, 7) is 5.83. The van der Waals surface area contributed by atoms with Gasteiger partial charge in [0.05, 0.1) is 5.01 Å². The Bertz CT molecular complexity index is 247. The third-order valence-corrected chi connectivity index (χ3v) is 2.81. The van der Waals surface area contributed by atoms with Crippen LogP contribution in [0.3, 0.4) is 0 Å². The lowest BCUT2D eigenvalue weighted by molar-refractivity contribution is 0.522. The number of nitrogens with two attached hydrogens (primary N) is 1. The second kappa shape index (κ2) is 5.32. The number of thiazole rings is 1. The highest BCUT2D eigenvalue weighted by Crippen LogP contribution is 2.10. The van der Waals surface area contributed by atoms with Gasteiger partial charge in [0.1, 0.15) is 0 Å². The van der Waals surface area contributed by atoms with Crippen molar-refractivity contribution in [1.29, 1.82) is 0 Å². The zero-order chi connectivity index (χ0) is 9.68. The monoisotopic (exact) mass is 199 g/mol. The number of aromatic nitrogens is 1. The standard InChI is InChI=1S/C9H17N3S/c1-7(3-4-10)11-5-9-6-12-8(2)13-9/h6-7,11H,3-5,10H2,1-2H3. The van der Waals surface area contributed by atoms with Crippen LogP contribution in [-0.2, 0) is 6.54 Å². The van der Waals surface area contributed by atoms with Crippen LogP contribution < -0.4 is 11.1 Å². The molecule has 0 aromatic carbocycles. The van der Waals surface area contributed by atoms with Crippen molar-refractivity contribution in [2.45, 2.75) is 32.9 Å². The van der Waals surface area contributed by atoms with E-state index in [9.17, 15) is 0 Å². The Morgan fingerprint density at radius 3 is 3.00 bits per heavy atom. The fraction of sp³-hybridized carbons (Fsp3) is 0.667. The van der Waals surface area contributed by atoms with Crippen LogP contribution in [0.2, 0.25) is 0 Å². The van der Waals surface area contributed by atoms with Gasteiger partial charge in [0.25, 0.3) is 0 Å². The third kappa shape index (κ3) is 3.85. The molecule has 0 fully saturated rings. The second-order valence-electron chi connectivity index (χ2n) is 3.20. The van der Waals surface area contributed by atoms with E-state index in [1.165, 1.54) is 4.88 Å². The molecule has 0 spiro atoms. The first kappa shape index (κ1) is 10.6. The van der Waals surface area contributed by atoms with E-state index in [1.54, 1.807) is 11.3 Å². The summed E-state index contributed by atoms with van der Waals surface area (Å²) < 4.78 is 0. The average molecular weight is 199 g/mol. The van der Waals surface area contributed by atoms with Crippen LogP contribution in [0, 0.1) is 6.92 Å². The summed E-state index contributed by atoms with van der Waals surface area (Å²) in [7, 11) is 0. The Labute approximate surface area is 83.4 Å². The SMILES string of the molecule is Cc1ncc(CNC(C)CCN)s1. The van der Waals surface area contributed by atoms with Gasteiger partial charge in [-0.1, -0.05) is 0 Å². The van der Waals surface area contributed by atoms with Crippen molar-refractivity contribution >= 4 is 11.3 Å². The van der Waals surface area contributed by atoms with Gasteiger partial charge in [-0.05, 0) is 26.8 Å². The van der Waals surface area contributed by atoms with Gasteiger partial charge in [-0.25, -0.2) is 4.98 Å². The molecule has 1 aromatic heterocycles. The van der Waals surface area contributed by atoms with E-state index in [4.69, 9.17) is 5.73 Å². The van der Waals surface area contributed by atoms with E-state index < -0.39 is 0 Å². The highest BCUT2D eigenvalue weighted by Gasteiger charge is 2.01. The van der Waals surface area contributed by atoms with Crippen molar-refractivity contribution in [3.63, 3.8) is 0 Å². The molecule has 1 aromatic rings. The minimum atomic E-state index is 0.493. The van der Waals surface area contributed by atoms with Crippen molar-refractivity contribution in [2.75, 3.05) is 6.54 Å². The first-order chi connectivity index (χ1) is 6.22. The first-order valence-electron chi connectivity index (χ1n) is 4.57. The maximum atomic E-state index is 5.45. The van der Waals surface area contributed by atoms with E-state index >= 15 is 0 Å². The van der Waals surface area contributed by atoms with Crippen molar-refractivity contribution in [3.8, 4) is 0 Å². The molecule has 0 bridgehead atoms. The maximum Gasteiger partial charge on any atom is 0.0897 e. The highest BCUT2D eigenvalue weighted by atomic mass is 32.1. The maximum absolute atomic E-state index is 5.45. The van der Waals surface area contributed by atoms with Gasteiger partial charge in [0.15, 0.2) is 0 Å². The minimum absolute atomic E-state index is 0.493. The second-order valence-corrected chi connectivity index (χ2v) is 4.52. The molecule has 13 heavy (non-hydrogen) atoms. The normalized spacial score (nSPS) is 13.2. The number of nitrogens with one attached hydrogen (secondary N) is 1. The van der Waals surface area contributed by atoms with E-state index in [1.807, 2.05) is 13.1 Å². The lowest BCUT2D eigenvalue weighted by Gasteiger charge is -2.10. The fourth-order valence-electron chi connectivity index (χ4n) is 1.11. The van der Waals surface area contributed by atoms with Gasteiger partial charge in [0.2, 0.25) is 0 Å². The molecule has 1 atom stereocenters. The van der Waals surface area contributed by atoms with Crippen LogP contribution in [0.25, 0.3) is 0 Å². The van der Waals surface area contributed by atoms with Crippen molar-refractivity contribution in [1.82, 2.24) is 10.3 Å². The number of hydrogen-bond donors (Lipinski definition) is 2. The average Bonchev–Trinajstić information content (AvgIpc) is 2.49. The molecule has 3 N–H and O–H groups in total. The Morgan fingerprint density at radius 1 is 1.69 bits per heavy atom. The molecule has 4 heteroatoms. The molecule has 0 saturated carbocycles. The largest absolute Gasteiger partial charge is 0.330 e. The molecule has 1 rings (SSSR count). The van der Waals surface area contributed by atoms with Crippen molar-refractivity contribution < 1.29 is 0 Å². The van der Waals surface area contributed by atoms with Gasteiger partial charge in [-0.2, -0.15) is 0 Å². The smallest absolute Gasteiger partial charge is 0.0897 e. The quantitative estimate of drug-likeness (QED) is 0.751. The summed E-state index contributed by atoms with van der Waals surface area (Å²) >= 11 is 1.74. The van der Waals surface area contributed by atoms with Crippen LogP contribution in [0.1, 0.15) is 23.2 Å². The molecule has 74 valence electrons. The molecule has 0 radical (unpaired) electrons. The van der Waals surface area contributed by atoms with E-state index in [0.29, 0.717) is 6.04 Å². The summed E-state index contributed by atoms with van der Waals surface area (Å²) in [5.41, 5.74) is 5.45. The van der Waals surface area contributed by atoms with Gasteiger partial charge < -0.3 is 11.1 Å². The number of rotatable bonds is 5. The van der Waals surface area contributed by atoms with Crippen molar-refractivity contribution in [3.05, 3.63) is 16.1 Å².